The van der Waals surface area contributed by atoms with Gasteiger partial charge in [-0.3, -0.25) is 4.98 Å². The van der Waals surface area contributed by atoms with Crippen molar-refractivity contribution in [3.8, 4) is 6.07 Å². The summed E-state index contributed by atoms with van der Waals surface area (Å²) in [6.07, 6.45) is 5.65. The van der Waals surface area contributed by atoms with Crippen LogP contribution in [0.5, 0.6) is 0 Å². The molecular formula is C13H17N3O2S. The van der Waals surface area contributed by atoms with Crippen LogP contribution in [0.15, 0.2) is 29.4 Å². The Morgan fingerprint density at radius 1 is 1.47 bits per heavy atom. The van der Waals surface area contributed by atoms with E-state index in [9.17, 15) is 13.7 Å². The summed E-state index contributed by atoms with van der Waals surface area (Å²) in [5, 5.41) is 9.35. The van der Waals surface area contributed by atoms with Crippen molar-refractivity contribution in [2.75, 3.05) is 0 Å². The molecule has 1 aromatic rings. The van der Waals surface area contributed by atoms with Crippen molar-refractivity contribution in [1.29, 1.82) is 5.26 Å². The molecule has 0 bridgehead atoms. The van der Waals surface area contributed by atoms with Gasteiger partial charge in [0.1, 0.15) is 10.4 Å². The molecule has 0 spiro atoms. The van der Waals surface area contributed by atoms with Crippen LogP contribution in [0.1, 0.15) is 32.6 Å². The average Bonchev–Trinajstić information content (AvgIpc) is 2.42. The van der Waals surface area contributed by atoms with Gasteiger partial charge in [0.2, 0.25) is 10.0 Å². The van der Waals surface area contributed by atoms with E-state index in [-0.39, 0.29) is 4.90 Å². The minimum absolute atomic E-state index is 0.100. The average molecular weight is 279 g/mol. The first kappa shape index (κ1) is 14.0. The van der Waals surface area contributed by atoms with Crippen LogP contribution in [0.3, 0.4) is 0 Å². The molecule has 19 heavy (non-hydrogen) atoms. The van der Waals surface area contributed by atoms with Crippen LogP contribution in [0, 0.1) is 17.2 Å². The van der Waals surface area contributed by atoms with E-state index < -0.39 is 15.6 Å². The fourth-order valence-corrected chi connectivity index (χ4v) is 3.65. The van der Waals surface area contributed by atoms with Gasteiger partial charge in [0, 0.05) is 12.4 Å². The molecule has 0 aliphatic heterocycles. The van der Waals surface area contributed by atoms with Gasteiger partial charge >= 0.3 is 0 Å². The minimum Gasteiger partial charge on any atom is -0.263 e. The lowest BCUT2D eigenvalue weighted by molar-refractivity contribution is 0.278. The molecule has 1 heterocycles. The van der Waals surface area contributed by atoms with Gasteiger partial charge in [-0.2, -0.15) is 9.98 Å². The van der Waals surface area contributed by atoms with Crippen LogP contribution in [0.4, 0.5) is 0 Å². The summed E-state index contributed by atoms with van der Waals surface area (Å²) in [6.45, 7) is 2.12. The fraction of sp³-hybridized carbons (Fsp3) is 0.538. The third-order valence-corrected chi connectivity index (χ3v) is 5.14. The quantitative estimate of drug-likeness (QED) is 0.915. The molecule has 0 aromatic carbocycles. The molecule has 0 atom stereocenters. The van der Waals surface area contributed by atoms with Crippen molar-refractivity contribution >= 4 is 10.0 Å². The van der Waals surface area contributed by atoms with Gasteiger partial charge in [-0.15, -0.1) is 0 Å². The monoisotopic (exact) mass is 279 g/mol. The molecule has 0 radical (unpaired) electrons. The van der Waals surface area contributed by atoms with E-state index >= 15 is 0 Å². The first-order valence-corrected chi connectivity index (χ1v) is 7.81. The Morgan fingerprint density at radius 3 is 2.68 bits per heavy atom. The summed E-state index contributed by atoms with van der Waals surface area (Å²) >= 11 is 0. The number of sulfonamides is 1. The summed E-state index contributed by atoms with van der Waals surface area (Å²) < 4.78 is 27.1. The zero-order valence-corrected chi connectivity index (χ0v) is 11.7. The van der Waals surface area contributed by atoms with Crippen molar-refractivity contribution in [1.82, 2.24) is 9.71 Å². The molecule has 0 saturated heterocycles. The predicted molar refractivity (Wildman–Crippen MR) is 70.5 cm³/mol. The Bertz CT molecular complexity index is 570. The summed E-state index contributed by atoms with van der Waals surface area (Å²) in [5.74, 6) is 0.546. The van der Waals surface area contributed by atoms with Crippen molar-refractivity contribution in [3.63, 3.8) is 0 Å². The van der Waals surface area contributed by atoms with Gasteiger partial charge in [0.25, 0.3) is 0 Å². The van der Waals surface area contributed by atoms with E-state index in [1.165, 1.54) is 18.5 Å². The molecule has 1 saturated carbocycles. The molecule has 0 amide bonds. The number of rotatable bonds is 3. The molecular weight excluding hydrogens is 262 g/mol. The normalized spacial score (nSPS) is 27.7. The first-order chi connectivity index (χ1) is 8.97. The second-order valence-electron chi connectivity index (χ2n) is 5.17. The Hall–Kier alpha value is -1.45. The third kappa shape index (κ3) is 3.11. The summed E-state index contributed by atoms with van der Waals surface area (Å²) in [4.78, 5) is 3.90. The lowest BCUT2D eigenvalue weighted by atomic mass is 9.79. The van der Waals surface area contributed by atoms with Gasteiger partial charge in [0.05, 0.1) is 6.07 Å². The van der Waals surface area contributed by atoms with Crippen LogP contribution in [0.2, 0.25) is 0 Å². The maximum absolute atomic E-state index is 12.2. The number of nitrogens with one attached hydrogen (secondary N) is 1. The highest BCUT2D eigenvalue weighted by atomic mass is 32.2. The largest absolute Gasteiger partial charge is 0.263 e. The van der Waals surface area contributed by atoms with Crippen molar-refractivity contribution < 1.29 is 8.42 Å². The molecule has 1 aromatic heterocycles. The van der Waals surface area contributed by atoms with Gasteiger partial charge in [-0.25, -0.2) is 8.42 Å². The second kappa shape index (κ2) is 5.27. The van der Waals surface area contributed by atoms with Gasteiger partial charge < -0.3 is 0 Å². The fourth-order valence-electron chi connectivity index (χ4n) is 2.31. The van der Waals surface area contributed by atoms with Crippen molar-refractivity contribution in [2.24, 2.45) is 5.92 Å². The molecule has 5 nitrogen and oxygen atoms in total. The Labute approximate surface area is 113 Å². The lowest BCUT2D eigenvalue weighted by Crippen LogP contribution is -2.49. The van der Waals surface area contributed by atoms with Crippen molar-refractivity contribution in [2.45, 2.75) is 43.0 Å². The third-order valence-electron chi connectivity index (χ3n) is 3.62. The second-order valence-corrected chi connectivity index (χ2v) is 6.85. The number of pyridine rings is 1. The van der Waals surface area contributed by atoms with Gasteiger partial charge in [-0.1, -0.05) is 6.92 Å². The highest BCUT2D eigenvalue weighted by molar-refractivity contribution is 7.89. The summed E-state index contributed by atoms with van der Waals surface area (Å²) in [7, 11) is -3.68. The van der Waals surface area contributed by atoms with E-state index in [0.29, 0.717) is 18.8 Å². The molecule has 1 aliphatic carbocycles. The lowest BCUT2D eigenvalue weighted by Gasteiger charge is -2.33. The SMILES string of the molecule is CC1CCC(C#N)(NS(=O)(=O)c2cccnc2)CC1. The number of nitriles is 1. The van der Waals surface area contributed by atoms with Crippen LogP contribution >= 0.6 is 0 Å². The van der Waals surface area contributed by atoms with Gasteiger partial charge in [-0.05, 0) is 43.7 Å². The number of hydrogen-bond donors (Lipinski definition) is 1. The number of hydrogen-bond acceptors (Lipinski definition) is 4. The molecule has 102 valence electrons. The standard InChI is InChI=1S/C13H17N3O2S/c1-11-4-6-13(10-14,7-5-11)16-19(17,18)12-3-2-8-15-9-12/h2-3,8-9,11,16H,4-7H2,1H3. The first-order valence-electron chi connectivity index (χ1n) is 6.33. The zero-order valence-electron chi connectivity index (χ0n) is 10.8. The highest BCUT2D eigenvalue weighted by Crippen LogP contribution is 2.32. The molecule has 6 heteroatoms. The zero-order chi connectivity index (χ0) is 13.9. The van der Waals surface area contributed by atoms with Crippen LogP contribution < -0.4 is 4.72 Å². The van der Waals surface area contributed by atoms with Crippen LogP contribution in [-0.4, -0.2) is 18.9 Å². The van der Waals surface area contributed by atoms with E-state index in [0.717, 1.165) is 12.8 Å². The van der Waals surface area contributed by atoms with E-state index in [2.05, 4.69) is 22.7 Å². The van der Waals surface area contributed by atoms with E-state index in [1.807, 2.05) is 0 Å². The van der Waals surface area contributed by atoms with Crippen LogP contribution in [-0.2, 0) is 10.0 Å². The van der Waals surface area contributed by atoms with E-state index in [1.54, 1.807) is 6.07 Å². The molecule has 1 fully saturated rings. The maximum atomic E-state index is 12.2. The predicted octanol–water partition coefficient (Wildman–Crippen LogP) is 1.83. The number of aromatic nitrogens is 1. The van der Waals surface area contributed by atoms with Gasteiger partial charge in [0.15, 0.2) is 0 Å². The smallest absolute Gasteiger partial charge is 0.243 e. The Morgan fingerprint density at radius 2 is 2.16 bits per heavy atom. The summed E-state index contributed by atoms with van der Waals surface area (Å²) in [5.41, 5.74) is -0.971. The van der Waals surface area contributed by atoms with E-state index in [4.69, 9.17) is 0 Å². The Balaban J connectivity index is 2.22. The molecule has 0 unspecified atom stereocenters. The molecule has 2 rings (SSSR count). The Kier molecular flexibility index (Phi) is 3.88. The highest BCUT2D eigenvalue weighted by Gasteiger charge is 2.38. The van der Waals surface area contributed by atoms with Crippen LogP contribution in [0.25, 0.3) is 0 Å². The number of nitrogens with zero attached hydrogens (tertiary/aromatic N) is 2. The molecule has 1 N–H and O–H groups in total. The summed E-state index contributed by atoms with van der Waals surface area (Å²) in [6, 6.07) is 5.20. The topological polar surface area (TPSA) is 82.9 Å². The maximum Gasteiger partial charge on any atom is 0.243 e. The molecule has 1 aliphatic rings. The van der Waals surface area contributed by atoms with Crippen molar-refractivity contribution in [3.05, 3.63) is 24.5 Å². The minimum atomic E-state index is -3.68.